The van der Waals surface area contributed by atoms with Gasteiger partial charge in [0.1, 0.15) is 0 Å². The molecule has 9 aromatic carbocycles. The molecule has 2 aromatic heterocycles. The Morgan fingerprint density at radius 3 is 1.06 bits per heavy atom. The number of hydrogen-bond acceptors (Lipinski definition) is 2. The molecule has 19 heteroatoms. The third-order valence-corrected chi connectivity index (χ3v) is 13.8. The second-order valence-corrected chi connectivity index (χ2v) is 18.7. The van der Waals surface area contributed by atoms with E-state index in [4.69, 9.17) is 0 Å². The van der Waals surface area contributed by atoms with Crippen LogP contribution >= 0.6 is 0 Å². The molecule has 0 bridgehead atoms. The number of fused-ring (bicyclic) bond motifs is 6. The highest BCUT2D eigenvalue weighted by molar-refractivity contribution is 6.13. The topological polar surface area (TPSA) is 57.4 Å². The van der Waals surface area contributed by atoms with Crippen molar-refractivity contribution in [3.05, 3.63) is 215 Å². The quantitative estimate of drug-likeness (QED) is 0.156. The van der Waals surface area contributed by atoms with E-state index in [1.807, 2.05) is 0 Å². The van der Waals surface area contributed by atoms with Crippen LogP contribution in [0.3, 0.4) is 0 Å². The molecule has 0 aliphatic rings. The van der Waals surface area contributed by atoms with Crippen LogP contribution in [0.4, 0.5) is 65.9 Å². The Bertz CT molecular complexity index is 4370. The molecule has 0 radical (unpaired) electrons. The van der Waals surface area contributed by atoms with Crippen LogP contribution in [0.25, 0.3) is 99.5 Å². The first-order valence-corrected chi connectivity index (χ1v) is 23.7. The number of halogens is 15. The van der Waals surface area contributed by atoms with Crippen LogP contribution in [0, 0.1) is 22.7 Å². The molecule has 0 saturated carbocycles. The maximum Gasteiger partial charge on any atom is 0.417 e. The summed E-state index contributed by atoms with van der Waals surface area (Å²) in [7, 11) is 0. The third kappa shape index (κ3) is 9.27. The predicted molar refractivity (Wildman–Crippen MR) is 271 cm³/mol. The summed E-state index contributed by atoms with van der Waals surface area (Å²) in [5, 5.41) is 21.5. The Balaban J connectivity index is 1.20. The first kappa shape index (κ1) is 52.6. The van der Waals surface area contributed by atoms with Crippen molar-refractivity contribution in [3.8, 4) is 68.0 Å². The van der Waals surface area contributed by atoms with Crippen molar-refractivity contribution < 1.29 is 65.9 Å². The normalized spacial score (nSPS) is 12.7. The molecule has 0 aliphatic heterocycles. The Morgan fingerprint density at radius 1 is 0.287 bits per heavy atom. The fourth-order valence-electron chi connectivity index (χ4n) is 10.3. The predicted octanol–water partition coefficient (Wildman–Crippen LogP) is 19.4. The molecule has 0 aliphatic carbocycles. The van der Waals surface area contributed by atoms with Gasteiger partial charge in [0.15, 0.2) is 0 Å². The van der Waals surface area contributed by atoms with Gasteiger partial charge in [-0.1, -0.05) is 72.8 Å². The van der Waals surface area contributed by atoms with Crippen LogP contribution in [0.5, 0.6) is 0 Å². The highest BCUT2D eigenvalue weighted by Gasteiger charge is 2.39. The first-order chi connectivity index (χ1) is 37.7. The van der Waals surface area contributed by atoms with E-state index < -0.39 is 69.8 Å². The minimum atomic E-state index is -5.17. The van der Waals surface area contributed by atoms with Gasteiger partial charge in [0, 0.05) is 32.7 Å². The highest BCUT2D eigenvalue weighted by atomic mass is 19.4. The lowest BCUT2D eigenvalue weighted by atomic mass is 9.93. The number of alkyl halides is 15. The van der Waals surface area contributed by atoms with Gasteiger partial charge in [-0.25, -0.2) is 0 Å². The molecule has 11 rings (SSSR count). The van der Waals surface area contributed by atoms with Crippen LogP contribution < -0.4 is 0 Å². The maximum atomic E-state index is 15.0. The Morgan fingerprint density at radius 2 is 0.650 bits per heavy atom. The van der Waals surface area contributed by atoms with Crippen molar-refractivity contribution in [2.45, 2.75) is 30.9 Å². The number of nitrogens with zero attached hydrogens (tertiary/aromatic N) is 4. The Kier molecular flexibility index (Phi) is 12.2. The minimum Gasteiger partial charge on any atom is -0.309 e. The molecule has 0 N–H and O–H groups in total. The fraction of sp³-hybridized carbons (Fsp3) is 0.0820. The third-order valence-electron chi connectivity index (χ3n) is 13.8. The van der Waals surface area contributed by atoms with E-state index in [-0.39, 0.29) is 68.0 Å². The van der Waals surface area contributed by atoms with E-state index in [1.165, 1.54) is 72.8 Å². The monoisotopic (exact) mass is 1100 g/mol. The van der Waals surface area contributed by atoms with Crippen molar-refractivity contribution >= 4 is 43.6 Å². The van der Waals surface area contributed by atoms with Gasteiger partial charge in [0.05, 0.1) is 84.5 Å². The van der Waals surface area contributed by atoms with Crippen LogP contribution in [0.2, 0.25) is 0 Å². The average Bonchev–Trinajstić information content (AvgIpc) is 4.17. The number of hydrogen-bond donors (Lipinski definition) is 0. The van der Waals surface area contributed by atoms with Gasteiger partial charge in [-0.05, 0) is 137 Å². The second kappa shape index (κ2) is 18.6. The molecule has 80 heavy (non-hydrogen) atoms. The summed E-state index contributed by atoms with van der Waals surface area (Å²) < 4.78 is 217. The second-order valence-electron chi connectivity index (χ2n) is 18.7. The molecule has 0 amide bonds. The van der Waals surface area contributed by atoms with E-state index in [1.54, 1.807) is 69.8 Å². The molecule has 0 spiro atoms. The lowest BCUT2D eigenvalue weighted by molar-refractivity contribution is -0.144. The lowest BCUT2D eigenvalue weighted by Gasteiger charge is -2.21. The molecule has 11 aromatic rings. The molecular weight excluding hydrogens is 1070 g/mol. The van der Waals surface area contributed by atoms with Gasteiger partial charge in [0.25, 0.3) is 0 Å². The van der Waals surface area contributed by atoms with Gasteiger partial charge in [-0.2, -0.15) is 76.4 Å². The van der Waals surface area contributed by atoms with E-state index in [0.717, 1.165) is 6.07 Å². The van der Waals surface area contributed by atoms with Gasteiger partial charge in [-0.3, -0.25) is 0 Å². The standard InChI is InChI=1S/C61H29F15N4/c62-57(63,64)39-21-37(22-40(28-39)58(65,66)67)34-12-17-53-48(25-34)44-5-1-3-7-51(44)79(53)55-20-33(31-78)10-15-46(55)47-16-11-36(43-14-9-32(30-77)19-50(43)61(74,75)76)27-56(47)80-52-8-4-2-6-45(52)49-26-35(13-18-54(49)80)38-23-41(59(68,69)70)29-42(24-38)60(71,72)73/h1-29H. The number of aromatic nitrogens is 2. The number of benzene rings is 9. The Labute approximate surface area is 441 Å². The van der Waals surface area contributed by atoms with Crippen molar-refractivity contribution in [1.29, 1.82) is 10.5 Å². The van der Waals surface area contributed by atoms with Crippen molar-refractivity contribution in [3.63, 3.8) is 0 Å². The smallest absolute Gasteiger partial charge is 0.309 e. The molecule has 2 heterocycles. The van der Waals surface area contributed by atoms with E-state index >= 15 is 0 Å². The molecule has 0 saturated heterocycles. The highest BCUT2D eigenvalue weighted by Crippen LogP contribution is 2.47. The zero-order chi connectivity index (χ0) is 57.0. The van der Waals surface area contributed by atoms with Gasteiger partial charge < -0.3 is 9.13 Å². The molecule has 398 valence electrons. The molecule has 4 nitrogen and oxygen atoms in total. The minimum absolute atomic E-state index is 0.00521. The molecule has 0 fully saturated rings. The lowest BCUT2D eigenvalue weighted by Crippen LogP contribution is -2.11. The van der Waals surface area contributed by atoms with E-state index in [9.17, 15) is 76.4 Å². The van der Waals surface area contributed by atoms with E-state index in [2.05, 4.69) is 6.07 Å². The van der Waals surface area contributed by atoms with Gasteiger partial charge >= 0.3 is 30.9 Å². The largest absolute Gasteiger partial charge is 0.417 e. The summed E-state index contributed by atoms with van der Waals surface area (Å²) in [4.78, 5) is 0. The van der Waals surface area contributed by atoms with Crippen LogP contribution in [0.15, 0.2) is 176 Å². The Hall–Kier alpha value is -9.49. The fourth-order valence-corrected chi connectivity index (χ4v) is 10.3. The van der Waals surface area contributed by atoms with Crippen LogP contribution in [0.1, 0.15) is 38.9 Å². The SMILES string of the molecule is N#Cc1ccc(-c2ccc(-c3ccc(C#N)cc3C(F)(F)F)cc2-n2c3ccccc3c3cc(-c4cc(C(F)(F)F)cc(C(F)(F)F)c4)ccc32)c(-n2c3ccccc3c3cc(-c4cc(C(F)(F)F)cc(C(F)(F)F)c4)ccc32)c1. The van der Waals surface area contributed by atoms with Crippen LogP contribution in [-0.4, -0.2) is 9.13 Å². The molecule has 0 atom stereocenters. The van der Waals surface area contributed by atoms with Crippen molar-refractivity contribution in [2.24, 2.45) is 0 Å². The van der Waals surface area contributed by atoms with Gasteiger partial charge in [0.2, 0.25) is 0 Å². The zero-order valence-electron chi connectivity index (χ0n) is 40.2. The summed E-state index contributed by atoms with van der Waals surface area (Å²) >= 11 is 0. The van der Waals surface area contributed by atoms with Crippen LogP contribution in [-0.2, 0) is 30.9 Å². The van der Waals surface area contributed by atoms with Crippen molar-refractivity contribution in [1.82, 2.24) is 9.13 Å². The summed E-state index contributed by atoms with van der Waals surface area (Å²) in [5.41, 5.74) is -6.28. The summed E-state index contributed by atoms with van der Waals surface area (Å²) in [6, 6.07) is 39.8. The van der Waals surface area contributed by atoms with Crippen molar-refractivity contribution in [2.75, 3.05) is 0 Å². The van der Waals surface area contributed by atoms with E-state index in [0.29, 0.717) is 74.0 Å². The zero-order valence-corrected chi connectivity index (χ0v) is 40.2. The molecule has 0 unspecified atom stereocenters. The summed E-state index contributed by atoms with van der Waals surface area (Å²) in [6.07, 6.45) is -25.6. The average molecular weight is 1100 g/mol. The maximum absolute atomic E-state index is 15.0. The molecular formula is C61H29F15N4. The number of nitriles is 2. The first-order valence-electron chi connectivity index (χ1n) is 23.7. The summed E-state index contributed by atoms with van der Waals surface area (Å²) in [5.74, 6) is 0. The van der Waals surface area contributed by atoms with Gasteiger partial charge in [-0.15, -0.1) is 0 Å². The summed E-state index contributed by atoms with van der Waals surface area (Å²) in [6.45, 7) is 0. The number of rotatable bonds is 6. The number of para-hydroxylation sites is 2.